The van der Waals surface area contributed by atoms with Gasteiger partial charge in [-0.25, -0.2) is 19.6 Å². The van der Waals surface area contributed by atoms with E-state index in [1.807, 2.05) is 0 Å². The van der Waals surface area contributed by atoms with Crippen LogP contribution in [0.4, 0.5) is 18.9 Å². The number of carbonyl (C=O) groups is 2. The number of nitrogens with zero attached hydrogens (tertiary/aromatic N) is 6. The third-order valence-corrected chi connectivity index (χ3v) is 9.47. The van der Waals surface area contributed by atoms with E-state index in [0.29, 0.717) is 28.5 Å². The second-order valence-electron chi connectivity index (χ2n) is 13.3. The lowest BCUT2D eigenvalue weighted by atomic mass is 9.97. The Morgan fingerprint density at radius 3 is 2.36 bits per heavy atom. The van der Waals surface area contributed by atoms with Crippen molar-refractivity contribution in [2.24, 2.45) is 0 Å². The summed E-state index contributed by atoms with van der Waals surface area (Å²) >= 11 is 6.11. The quantitative estimate of drug-likeness (QED) is 0.198. The highest BCUT2D eigenvalue weighted by Crippen LogP contribution is 2.34. The van der Waals surface area contributed by atoms with Gasteiger partial charge < -0.3 is 29.9 Å². The molecule has 3 aromatic heterocycles. The number of aromatic hydroxyl groups is 1. The fourth-order valence-corrected chi connectivity index (χ4v) is 6.47. The Balaban J connectivity index is 1.38. The Hall–Kier alpha value is -5.48. The van der Waals surface area contributed by atoms with Gasteiger partial charge in [0.05, 0.1) is 47.1 Å². The molecule has 0 saturated carbocycles. The molecule has 0 bridgehead atoms. The van der Waals surface area contributed by atoms with E-state index in [-0.39, 0.29) is 70.9 Å². The van der Waals surface area contributed by atoms with Gasteiger partial charge in [-0.2, -0.15) is 13.2 Å². The molecule has 1 aliphatic heterocycles. The van der Waals surface area contributed by atoms with E-state index in [4.69, 9.17) is 16.0 Å². The second-order valence-corrected chi connectivity index (χ2v) is 13.8. The lowest BCUT2D eigenvalue weighted by molar-refractivity contribution is -0.137. The summed E-state index contributed by atoms with van der Waals surface area (Å²) in [5.41, 5.74) is -0.872. The first kappa shape index (κ1) is 37.3. The molecule has 17 heteroatoms. The Morgan fingerprint density at radius 1 is 1.06 bits per heavy atom. The molecule has 1 aliphatic rings. The van der Waals surface area contributed by atoms with Gasteiger partial charge in [0, 0.05) is 29.4 Å². The number of carbonyl (C=O) groups excluding carboxylic acids is 2. The summed E-state index contributed by atoms with van der Waals surface area (Å²) in [6.07, 6.45) is -3.81. The Kier molecular flexibility index (Phi) is 9.72. The van der Waals surface area contributed by atoms with Crippen LogP contribution in [0.2, 0.25) is 5.02 Å². The van der Waals surface area contributed by atoms with Gasteiger partial charge in [-0.15, -0.1) is 0 Å². The predicted molar refractivity (Wildman–Crippen MR) is 189 cm³/mol. The Morgan fingerprint density at radius 2 is 1.74 bits per heavy atom. The summed E-state index contributed by atoms with van der Waals surface area (Å²) in [4.78, 5) is 55.1. The number of fused-ring (bicyclic) bond motifs is 1. The number of benzene rings is 2. The molecular weight excluding hydrogens is 719 g/mol. The number of halogens is 4. The number of rotatable bonds is 7. The highest BCUT2D eigenvalue weighted by molar-refractivity contribution is 6.33. The molecule has 53 heavy (non-hydrogen) atoms. The number of piperazine rings is 1. The average molecular weight is 754 g/mol. The summed E-state index contributed by atoms with van der Waals surface area (Å²) in [7, 11) is 0. The normalized spacial score (nSPS) is 15.2. The molecule has 13 nitrogen and oxygen atoms in total. The van der Waals surface area contributed by atoms with Crippen LogP contribution in [-0.4, -0.2) is 72.2 Å². The SMILES string of the molecule is Cc1ncnc(C(=O)N2CCN(n3c(C)c(CC(=O)Nc4ccc(C(F)(F)F)cc4Cl)c4nc(-c5ccc(C(C)(C)O)cc5)oc4c3=O)C[C@H]2C)c1O. The van der Waals surface area contributed by atoms with Crippen LogP contribution in [0.1, 0.15) is 59.3 Å². The number of anilines is 1. The summed E-state index contributed by atoms with van der Waals surface area (Å²) in [5, 5.41) is 24.8. The molecule has 0 spiro atoms. The molecule has 6 rings (SSSR count). The highest BCUT2D eigenvalue weighted by Gasteiger charge is 2.34. The van der Waals surface area contributed by atoms with Gasteiger partial charge in [0.15, 0.2) is 11.4 Å². The second kappa shape index (κ2) is 13.8. The number of aromatic nitrogens is 4. The highest BCUT2D eigenvalue weighted by atomic mass is 35.5. The molecule has 5 aromatic rings. The largest absolute Gasteiger partial charge is 0.504 e. The summed E-state index contributed by atoms with van der Waals surface area (Å²) in [6, 6.07) is 8.85. The number of amides is 2. The van der Waals surface area contributed by atoms with Gasteiger partial charge in [0.2, 0.25) is 17.4 Å². The van der Waals surface area contributed by atoms with E-state index in [1.54, 1.807) is 63.9 Å². The van der Waals surface area contributed by atoms with Gasteiger partial charge in [0.25, 0.3) is 5.91 Å². The average Bonchev–Trinajstić information content (AvgIpc) is 3.54. The van der Waals surface area contributed by atoms with E-state index in [0.717, 1.165) is 12.1 Å². The number of hydrogen-bond donors (Lipinski definition) is 3. The van der Waals surface area contributed by atoms with Gasteiger partial charge in [-0.1, -0.05) is 23.7 Å². The topological polar surface area (TPSA) is 167 Å². The number of aryl methyl sites for hydroxylation is 1. The molecule has 0 aliphatic carbocycles. The summed E-state index contributed by atoms with van der Waals surface area (Å²) < 4.78 is 47.1. The molecule has 0 radical (unpaired) electrons. The fourth-order valence-electron chi connectivity index (χ4n) is 6.24. The number of pyridine rings is 1. The van der Waals surface area contributed by atoms with Crippen LogP contribution in [0.15, 0.2) is 58.0 Å². The molecule has 1 fully saturated rings. The molecular formula is C36H35ClF3N7O6. The maximum Gasteiger partial charge on any atom is 0.416 e. The maximum atomic E-state index is 14.2. The molecule has 278 valence electrons. The first-order valence-electron chi connectivity index (χ1n) is 16.5. The van der Waals surface area contributed by atoms with Gasteiger partial charge >= 0.3 is 11.7 Å². The maximum absolute atomic E-state index is 14.2. The van der Waals surface area contributed by atoms with Crippen LogP contribution >= 0.6 is 11.6 Å². The number of hydrogen-bond acceptors (Lipinski definition) is 10. The van der Waals surface area contributed by atoms with Crippen molar-refractivity contribution in [1.82, 2.24) is 24.5 Å². The van der Waals surface area contributed by atoms with Crippen LogP contribution < -0.4 is 15.9 Å². The summed E-state index contributed by atoms with van der Waals surface area (Å²) in [6.45, 7) is 8.71. The number of oxazole rings is 1. The number of alkyl halides is 3. The number of nitrogens with one attached hydrogen (secondary N) is 1. The molecule has 3 N–H and O–H groups in total. The van der Waals surface area contributed by atoms with Crippen LogP contribution in [0, 0.1) is 13.8 Å². The smallest absolute Gasteiger partial charge is 0.416 e. The Labute approximate surface area is 305 Å². The van der Waals surface area contributed by atoms with Gasteiger partial charge in [-0.05, 0) is 70.5 Å². The standard InChI is InChI=1S/C36H35ClF3N7O6/c1-18-16-45(12-13-46(18)33(50)29-30(49)19(2)41-17-42-29)47-20(3)24(15-27(48)43-26-11-10-23(14-25(26)37)36(38,39)40)28-31(34(47)51)53-32(44-28)21-6-8-22(9-7-21)35(4,5)52/h6-11,14,17-18,49,52H,12-13,15-16H2,1-5H3,(H,43,48)/t18-/m1/s1. The molecule has 4 heterocycles. The van der Waals surface area contributed by atoms with E-state index < -0.39 is 40.8 Å². The van der Waals surface area contributed by atoms with E-state index in [1.165, 1.54) is 15.9 Å². The van der Waals surface area contributed by atoms with Crippen LogP contribution in [0.3, 0.4) is 0 Å². The lowest BCUT2D eigenvalue weighted by Crippen LogP contribution is -2.59. The predicted octanol–water partition coefficient (Wildman–Crippen LogP) is 5.33. The fraction of sp³-hybridized carbons (Fsp3) is 0.333. The van der Waals surface area contributed by atoms with Crippen molar-refractivity contribution in [1.29, 1.82) is 0 Å². The third kappa shape index (κ3) is 7.28. The molecule has 0 unspecified atom stereocenters. The monoisotopic (exact) mass is 753 g/mol. The van der Waals surface area contributed by atoms with Crippen molar-refractivity contribution in [3.63, 3.8) is 0 Å². The van der Waals surface area contributed by atoms with Crippen molar-refractivity contribution >= 4 is 40.2 Å². The lowest BCUT2D eigenvalue weighted by Gasteiger charge is -2.41. The first-order valence-corrected chi connectivity index (χ1v) is 16.8. The van der Waals surface area contributed by atoms with Gasteiger partial charge in [0.1, 0.15) is 11.8 Å². The minimum atomic E-state index is -4.63. The van der Waals surface area contributed by atoms with Crippen LogP contribution in [0.25, 0.3) is 22.6 Å². The van der Waals surface area contributed by atoms with Crippen LogP contribution in [-0.2, 0) is 23.0 Å². The van der Waals surface area contributed by atoms with E-state index in [9.17, 15) is 37.8 Å². The Bertz CT molecular complexity index is 2300. The zero-order valence-electron chi connectivity index (χ0n) is 29.2. The van der Waals surface area contributed by atoms with Crippen molar-refractivity contribution in [2.45, 2.75) is 58.9 Å². The van der Waals surface area contributed by atoms with E-state index >= 15 is 0 Å². The molecule has 1 saturated heterocycles. The zero-order chi connectivity index (χ0) is 38.6. The van der Waals surface area contributed by atoms with Crippen molar-refractivity contribution in [3.05, 3.63) is 97.9 Å². The minimum Gasteiger partial charge on any atom is -0.504 e. The van der Waals surface area contributed by atoms with Gasteiger partial charge in [-0.3, -0.25) is 14.4 Å². The third-order valence-electron chi connectivity index (χ3n) is 9.16. The zero-order valence-corrected chi connectivity index (χ0v) is 30.0. The first-order chi connectivity index (χ1) is 24.8. The van der Waals surface area contributed by atoms with Crippen molar-refractivity contribution < 1.29 is 37.4 Å². The van der Waals surface area contributed by atoms with Crippen molar-refractivity contribution in [2.75, 3.05) is 30.0 Å². The molecule has 1 atom stereocenters. The van der Waals surface area contributed by atoms with E-state index in [2.05, 4.69) is 20.3 Å². The minimum absolute atomic E-state index is 0.0424. The molecule has 2 aromatic carbocycles. The molecule has 2 amide bonds. The summed E-state index contributed by atoms with van der Waals surface area (Å²) in [5.74, 6) is -1.40. The van der Waals surface area contributed by atoms with Crippen LogP contribution in [0.5, 0.6) is 5.75 Å². The number of aliphatic hydroxyl groups is 1. The van der Waals surface area contributed by atoms with Crippen molar-refractivity contribution in [3.8, 4) is 17.2 Å².